The average molecular weight is 458 g/mol. The van der Waals surface area contributed by atoms with E-state index >= 15 is 0 Å². The minimum absolute atomic E-state index is 0.168. The number of ether oxygens (including phenoxy) is 2. The van der Waals surface area contributed by atoms with Crippen molar-refractivity contribution < 1.29 is 18.7 Å². The molecular weight excluding hydrogens is 438 g/mol. The summed E-state index contributed by atoms with van der Waals surface area (Å²) in [5.74, 6) is 1.24. The lowest BCUT2D eigenvalue weighted by Crippen LogP contribution is -2.20. The highest BCUT2D eigenvalue weighted by atomic mass is 32.1. The number of nitrogens with one attached hydrogen (secondary N) is 1. The lowest BCUT2D eigenvalue weighted by atomic mass is 10.1. The standard InChI is InChI=1S/C25H19N3O4S/c1-30-23-13-17(9-10-22(23)32-15-24(29)27-19-6-3-2-4-7-19)12-18(14-26)25-28-20(16-33-25)21-8-5-11-31-21/h2-13,16H,15H2,1H3,(H,27,29)/b18-12-. The normalized spacial score (nSPS) is 11.0. The molecule has 164 valence electrons. The second-order valence-electron chi connectivity index (χ2n) is 6.80. The molecule has 2 aromatic heterocycles. The summed E-state index contributed by atoms with van der Waals surface area (Å²) in [4.78, 5) is 16.6. The van der Waals surface area contributed by atoms with Crippen LogP contribution in [0.4, 0.5) is 5.69 Å². The molecule has 0 radical (unpaired) electrons. The van der Waals surface area contributed by atoms with Gasteiger partial charge in [0.15, 0.2) is 23.9 Å². The first kappa shape index (κ1) is 21.9. The highest BCUT2D eigenvalue weighted by Gasteiger charge is 2.12. The van der Waals surface area contributed by atoms with Gasteiger partial charge in [-0.2, -0.15) is 5.26 Å². The van der Waals surface area contributed by atoms with Crippen molar-refractivity contribution in [3.05, 3.63) is 82.9 Å². The minimum atomic E-state index is -0.282. The number of amides is 1. The quantitative estimate of drug-likeness (QED) is 0.351. The van der Waals surface area contributed by atoms with E-state index in [1.807, 2.05) is 29.6 Å². The van der Waals surface area contributed by atoms with Crippen LogP contribution < -0.4 is 14.8 Å². The summed E-state index contributed by atoms with van der Waals surface area (Å²) in [6, 6.07) is 20.2. The molecule has 0 unspecified atom stereocenters. The summed E-state index contributed by atoms with van der Waals surface area (Å²) in [5.41, 5.74) is 2.52. The van der Waals surface area contributed by atoms with Gasteiger partial charge >= 0.3 is 0 Å². The zero-order valence-corrected chi connectivity index (χ0v) is 18.5. The fourth-order valence-corrected chi connectivity index (χ4v) is 3.77. The summed E-state index contributed by atoms with van der Waals surface area (Å²) < 4.78 is 16.4. The van der Waals surface area contributed by atoms with E-state index < -0.39 is 0 Å². The van der Waals surface area contributed by atoms with Gasteiger partial charge in [-0.05, 0) is 48.0 Å². The number of aromatic nitrogens is 1. The summed E-state index contributed by atoms with van der Waals surface area (Å²) >= 11 is 1.36. The molecule has 2 heterocycles. The van der Waals surface area contributed by atoms with E-state index in [1.165, 1.54) is 18.4 Å². The van der Waals surface area contributed by atoms with Crippen molar-refractivity contribution >= 4 is 34.6 Å². The first-order valence-corrected chi connectivity index (χ1v) is 10.8. The number of methoxy groups -OCH3 is 1. The van der Waals surface area contributed by atoms with Crippen LogP contribution in [0.2, 0.25) is 0 Å². The molecule has 0 saturated carbocycles. The zero-order valence-electron chi connectivity index (χ0n) is 17.6. The lowest BCUT2D eigenvalue weighted by molar-refractivity contribution is -0.118. The molecule has 4 rings (SSSR count). The molecule has 1 N–H and O–H groups in total. The van der Waals surface area contributed by atoms with Crippen molar-refractivity contribution in [1.82, 2.24) is 4.98 Å². The Morgan fingerprint density at radius 1 is 1.18 bits per heavy atom. The topological polar surface area (TPSA) is 97.4 Å². The molecule has 0 spiro atoms. The summed E-state index contributed by atoms with van der Waals surface area (Å²) in [6.07, 6.45) is 3.30. The molecule has 2 aromatic carbocycles. The second-order valence-corrected chi connectivity index (χ2v) is 7.66. The number of para-hydroxylation sites is 1. The number of thiazole rings is 1. The van der Waals surface area contributed by atoms with Gasteiger partial charge in [0.25, 0.3) is 5.91 Å². The number of anilines is 1. The Bertz CT molecular complexity index is 1310. The maximum absolute atomic E-state index is 12.1. The van der Waals surface area contributed by atoms with E-state index in [0.29, 0.717) is 39.2 Å². The SMILES string of the molecule is COc1cc(/C=C(/C#N)c2nc(-c3ccco3)cs2)ccc1OCC(=O)Nc1ccccc1. The van der Waals surface area contributed by atoms with Gasteiger partial charge in [0, 0.05) is 11.1 Å². The van der Waals surface area contributed by atoms with E-state index in [0.717, 1.165) is 5.56 Å². The first-order valence-electron chi connectivity index (χ1n) is 9.93. The van der Waals surface area contributed by atoms with Crippen LogP contribution in [0.3, 0.4) is 0 Å². The van der Waals surface area contributed by atoms with Gasteiger partial charge in [0.2, 0.25) is 0 Å². The predicted octanol–water partition coefficient (Wildman–Crippen LogP) is 5.49. The van der Waals surface area contributed by atoms with Gasteiger partial charge in [0.05, 0.1) is 18.9 Å². The molecule has 1 amide bonds. The number of furan rings is 1. The number of nitrogens with zero attached hydrogens (tertiary/aromatic N) is 2. The zero-order chi connectivity index (χ0) is 23.0. The molecule has 0 aliphatic rings. The average Bonchev–Trinajstić information content (AvgIpc) is 3.54. The van der Waals surface area contributed by atoms with E-state index in [9.17, 15) is 10.1 Å². The Morgan fingerprint density at radius 2 is 2.03 bits per heavy atom. The fraction of sp³-hybridized carbons (Fsp3) is 0.0800. The second kappa shape index (κ2) is 10.3. The van der Waals surface area contributed by atoms with E-state index in [2.05, 4.69) is 16.4 Å². The maximum Gasteiger partial charge on any atom is 0.262 e. The highest BCUT2D eigenvalue weighted by Crippen LogP contribution is 2.31. The van der Waals surface area contributed by atoms with Crippen LogP contribution in [-0.4, -0.2) is 24.6 Å². The summed E-state index contributed by atoms with van der Waals surface area (Å²) in [7, 11) is 1.52. The molecule has 0 aliphatic carbocycles. The van der Waals surface area contributed by atoms with E-state index in [4.69, 9.17) is 13.9 Å². The number of hydrogen-bond acceptors (Lipinski definition) is 7. The van der Waals surface area contributed by atoms with Crippen LogP contribution in [0.25, 0.3) is 23.1 Å². The van der Waals surface area contributed by atoms with Crippen LogP contribution in [0.15, 0.2) is 76.7 Å². The molecule has 0 saturated heterocycles. The predicted molar refractivity (Wildman–Crippen MR) is 127 cm³/mol. The van der Waals surface area contributed by atoms with Crippen molar-refractivity contribution in [3.8, 4) is 29.0 Å². The van der Waals surface area contributed by atoms with Crippen LogP contribution >= 0.6 is 11.3 Å². The van der Waals surface area contributed by atoms with Crippen molar-refractivity contribution in [3.63, 3.8) is 0 Å². The van der Waals surface area contributed by atoms with Gasteiger partial charge in [-0.1, -0.05) is 24.3 Å². The molecular formula is C25H19N3O4S. The molecule has 0 bridgehead atoms. The monoisotopic (exact) mass is 457 g/mol. The number of carbonyl (C=O) groups is 1. The number of hydrogen-bond donors (Lipinski definition) is 1. The van der Waals surface area contributed by atoms with E-state index in [1.54, 1.807) is 48.7 Å². The Labute approximate surface area is 194 Å². The Morgan fingerprint density at radius 3 is 2.76 bits per heavy atom. The van der Waals surface area contributed by atoms with Gasteiger partial charge in [0.1, 0.15) is 16.8 Å². The van der Waals surface area contributed by atoms with Crippen molar-refractivity contribution in [1.29, 1.82) is 5.26 Å². The molecule has 0 fully saturated rings. The highest BCUT2D eigenvalue weighted by molar-refractivity contribution is 7.11. The number of benzene rings is 2. The number of nitriles is 1. The first-order chi connectivity index (χ1) is 16.2. The van der Waals surface area contributed by atoms with Crippen LogP contribution in [0, 0.1) is 11.3 Å². The Hall–Kier alpha value is -4.35. The number of rotatable bonds is 8. The largest absolute Gasteiger partial charge is 0.493 e. The minimum Gasteiger partial charge on any atom is -0.493 e. The third kappa shape index (κ3) is 5.47. The smallest absolute Gasteiger partial charge is 0.262 e. The van der Waals surface area contributed by atoms with Gasteiger partial charge < -0.3 is 19.2 Å². The van der Waals surface area contributed by atoms with E-state index in [-0.39, 0.29) is 12.5 Å². The third-order valence-corrected chi connectivity index (χ3v) is 5.42. The molecule has 0 aliphatic heterocycles. The fourth-order valence-electron chi connectivity index (χ4n) is 3.00. The van der Waals surface area contributed by atoms with Gasteiger partial charge in [-0.3, -0.25) is 4.79 Å². The van der Waals surface area contributed by atoms with Gasteiger partial charge in [-0.15, -0.1) is 11.3 Å². The molecule has 0 atom stereocenters. The molecule has 8 heteroatoms. The molecule has 7 nitrogen and oxygen atoms in total. The van der Waals surface area contributed by atoms with Crippen molar-refractivity contribution in [2.24, 2.45) is 0 Å². The van der Waals surface area contributed by atoms with Crippen LogP contribution in [0.1, 0.15) is 10.6 Å². The Balaban J connectivity index is 1.47. The van der Waals surface area contributed by atoms with Gasteiger partial charge in [-0.25, -0.2) is 4.98 Å². The number of allylic oxidation sites excluding steroid dienone is 1. The third-order valence-electron chi connectivity index (χ3n) is 4.54. The molecule has 33 heavy (non-hydrogen) atoms. The lowest BCUT2D eigenvalue weighted by Gasteiger charge is -2.11. The van der Waals surface area contributed by atoms with Crippen molar-refractivity contribution in [2.75, 3.05) is 19.0 Å². The maximum atomic E-state index is 12.1. The molecule has 4 aromatic rings. The van der Waals surface area contributed by atoms with Crippen molar-refractivity contribution in [2.45, 2.75) is 0 Å². The van der Waals surface area contributed by atoms with Crippen LogP contribution in [-0.2, 0) is 4.79 Å². The summed E-state index contributed by atoms with van der Waals surface area (Å²) in [5, 5.41) is 14.8. The van der Waals surface area contributed by atoms with Crippen LogP contribution in [0.5, 0.6) is 11.5 Å². The Kier molecular flexibility index (Phi) is 6.83. The summed E-state index contributed by atoms with van der Waals surface area (Å²) in [6.45, 7) is -0.168. The number of carbonyl (C=O) groups excluding carboxylic acids is 1.